The SMILES string of the molecule is NC[C@H]1CCCN1Cc1ccncc1. The van der Waals surface area contributed by atoms with Crippen LogP contribution in [0.5, 0.6) is 0 Å². The molecule has 0 unspecified atom stereocenters. The molecule has 1 fully saturated rings. The summed E-state index contributed by atoms with van der Waals surface area (Å²) in [7, 11) is 0. The van der Waals surface area contributed by atoms with Gasteiger partial charge in [-0.15, -0.1) is 0 Å². The number of nitrogens with zero attached hydrogens (tertiary/aromatic N) is 2. The van der Waals surface area contributed by atoms with Gasteiger partial charge in [-0.05, 0) is 37.1 Å². The van der Waals surface area contributed by atoms with Gasteiger partial charge >= 0.3 is 0 Å². The number of hydrogen-bond donors (Lipinski definition) is 1. The Morgan fingerprint density at radius 1 is 1.43 bits per heavy atom. The third-order valence-corrected chi connectivity index (χ3v) is 2.91. The Morgan fingerprint density at radius 2 is 2.21 bits per heavy atom. The van der Waals surface area contributed by atoms with Crippen LogP contribution in [0.4, 0.5) is 0 Å². The highest BCUT2D eigenvalue weighted by Gasteiger charge is 2.22. The maximum Gasteiger partial charge on any atom is 0.0271 e. The first-order valence-corrected chi connectivity index (χ1v) is 5.23. The number of nitrogens with two attached hydrogens (primary N) is 1. The van der Waals surface area contributed by atoms with E-state index in [0.717, 1.165) is 13.1 Å². The highest BCUT2D eigenvalue weighted by atomic mass is 15.2. The van der Waals surface area contributed by atoms with Crippen molar-refractivity contribution in [2.45, 2.75) is 25.4 Å². The number of aromatic nitrogens is 1. The van der Waals surface area contributed by atoms with Crippen molar-refractivity contribution in [1.82, 2.24) is 9.88 Å². The molecule has 3 nitrogen and oxygen atoms in total. The molecule has 0 saturated carbocycles. The number of rotatable bonds is 3. The Balaban J connectivity index is 1.97. The molecular formula is C11H17N3. The molecule has 0 aliphatic carbocycles. The van der Waals surface area contributed by atoms with Gasteiger partial charge in [0.1, 0.15) is 0 Å². The Morgan fingerprint density at radius 3 is 2.93 bits per heavy atom. The van der Waals surface area contributed by atoms with E-state index in [-0.39, 0.29) is 0 Å². The minimum Gasteiger partial charge on any atom is -0.329 e. The van der Waals surface area contributed by atoms with Crippen molar-refractivity contribution in [3.05, 3.63) is 30.1 Å². The summed E-state index contributed by atoms with van der Waals surface area (Å²) in [5, 5.41) is 0. The Hall–Kier alpha value is -0.930. The van der Waals surface area contributed by atoms with E-state index in [9.17, 15) is 0 Å². The van der Waals surface area contributed by atoms with Gasteiger partial charge in [0.2, 0.25) is 0 Å². The van der Waals surface area contributed by atoms with Crippen LogP contribution < -0.4 is 5.73 Å². The maximum atomic E-state index is 5.72. The zero-order valence-corrected chi connectivity index (χ0v) is 8.39. The molecule has 2 N–H and O–H groups in total. The van der Waals surface area contributed by atoms with Crippen LogP contribution in [-0.2, 0) is 6.54 Å². The van der Waals surface area contributed by atoms with Crippen molar-refractivity contribution in [3.8, 4) is 0 Å². The van der Waals surface area contributed by atoms with Crippen molar-refractivity contribution in [2.24, 2.45) is 5.73 Å². The number of pyridine rings is 1. The van der Waals surface area contributed by atoms with Crippen molar-refractivity contribution in [3.63, 3.8) is 0 Å². The fourth-order valence-corrected chi connectivity index (χ4v) is 2.09. The van der Waals surface area contributed by atoms with Gasteiger partial charge in [-0.3, -0.25) is 9.88 Å². The standard InChI is InChI=1S/C11H17N3/c12-8-11-2-1-7-14(11)9-10-3-5-13-6-4-10/h3-6,11H,1-2,7-9,12H2/t11-/m1/s1. The summed E-state index contributed by atoms with van der Waals surface area (Å²) < 4.78 is 0. The highest BCUT2D eigenvalue weighted by molar-refractivity contribution is 5.10. The molecule has 0 amide bonds. The summed E-state index contributed by atoms with van der Waals surface area (Å²) in [6.45, 7) is 2.99. The summed E-state index contributed by atoms with van der Waals surface area (Å²) in [6.07, 6.45) is 6.24. The molecule has 1 aromatic heterocycles. The van der Waals surface area contributed by atoms with E-state index in [4.69, 9.17) is 5.73 Å². The minimum atomic E-state index is 0.586. The summed E-state index contributed by atoms with van der Waals surface area (Å²) in [5.74, 6) is 0. The van der Waals surface area contributed by atoms with Crippen molar-refractivity contribution >= 4 is 0 Å². The molecule has 1 saturated heterocycles. The van der Waals surface area contributed by atoms with Crippen LogP contribution in [0.15, 0.2) is 24.5 Å². The summed E-state index contributed by atoms with van der Waals surface area (Å²) >= 11 is 0. The lowest BCUT2D eigenvalue weighted by Crippen LogP contribution is -2.34. The fourth-order valence-electron chi connectivity index (χ4n) is 2.09. The normalized spacial score (nSPS) is 22.8. The molecule has 0 radical (unpaired) electrons. The summed E-state index contributed by atoms with van der Waals surface area (Å²) in [4.78, 5) is 6.48. The first kappa shape index (κ1) is 9.62. The first-order valence-electron chi connectivity index (χ1n) is 5.23. The monoisotopic (exact) mass is 191 g/mol. The van der Waals surface area contributed by atoms with E-state index in [2.05, 4.69) is 22.0 Å². The lowest BCUT2D eigenvalue weighted by molar-refractivity contribution is 0.250. The highest BCUT2D eigenvalue weighted by Crippen LogP contribution is 2.18. The topological polar surface area (TPSA) is 42.1 Å². The molecule has 0 aromatic carbocycles. The molecular weight excluding hydrogens is 174 g/mol. The molecule has 0 bridgehead atoms. The Bertz CT molecular complexity index is 273. The van der Waals surface area contributed by atoms with E-state index in [0.29, 0.717) is 6.04 Å². The molecule has 76 valence electrons. The van der Waals surface area contributed by atoms with Gasteiger partial charge in [0.25, 0.3) is 0 Å². The largest absolute Gasteiger partial charge is 0.329 e. The first-order chi connectivity index (χ1) is 6.90. The second-order valence-corrected chi connectivity index (χ2v) is 3.86. The molecule has 0 spiro atoms. The number of hydrogen-bond acceptors (Lipinski definition) is 3. The molecule has 1 aliphatic heterocycles. The van der Waals surface area contributed by atoms with E-state index in [1.54, 1.807) is 0 Å². The molecule has 2 rings (SSSR count). The second-order valence-electron chi connectivity index (χ2n) is 3.86. The van der Waals surface area contributed by atoms with Gasteiger partial charge in [0.15, 0.2) is 0 Å². The average Bonchev–Trinajstić information content (AvgIpc) is 2.67. The zero-order valence-electron chi connectivity index (χ0n) is 8.39. The van der Waals surface area contributed by atoms with Gasteiger partial charge in [-0.1, -0.05) is 0 Å². The van der Waals surface area contributed by atoms with Crippen LogP contribution in [0.25, 0.3) is 0 Å². The lowest BCUT2D eigenvalue weighted by atomic mass is 10.2. The third-order valence-electron chi connectivity index (χ3n) is 2.91. The van der Waals surface area contributed by atoms with E-state index >= 15 is 0 Å². The van der Waals surface area contributed by atoms with Crippen LogP contribution in [0.3, 0.4) is 0 Å². The smallest absolute Gasteiger partial charge is 0.0271 e. The van der Waals surface area contributed by atoms with Crippen LogP contribution >= 0.6 is 0 Å². The molecule has 14 heavy (non-hydrogen) atoms. The van der Waals surface area contributed by atoms with E-state index in [1.165, 1.54) is 24.9 Å². The molecule has 1 atom stereocenters. The van der Waals surface area contributed by atoms with E-state index in [1.807, 2.05) is 12.4 Å². The summed E-state index contributed by atoms with van der Waals surface area (Å²) in [6, 6.07) is 4.74. The quantitative estimate of drug-likeness (QED) is 0.775. The van der Waals surface area contributed by atoms with Gasteiger partial charge in [0, 0.05) is 31.5 Å². The van der Waals surface area contributed by atoms with Crippen LogP contribution in [0, 0.1) is 0 Å². The Labute approximate surface area is 84.9 Å². The molecule has 2 heterocycles. The molecule has 1 aromatic rings. The van der Waals surface area contributed by atoms with Gasteiger partial charge in [-0.25, -0.2) is 0 Å². The van der Waals surface area contributed by atoms with Crippen molar-refractivity contribution in [1.29, 1.82) is 0 Å². The van der Waals surface area contributed by atoms with Crippen LogP contribution in [0.2, 0.25) is 0 Å². The second kappa shape index (κ2) is 4.53. The van der Waals surface area contributed by atoms with Crippen LogP contribution in [0.1, 0.15) is 18.4 Å². The van der Waals surface area contributed by atoms with E-state index < -0.39 is 0 Å². The predicted molar refractivity (Wildman–Crippen MR) is 56.7 cm³/mol. The maximum absolute atomic E-state index is 5.72. The summed E-state index contributed by atoms with van der Waals surface area (Å²) in [5.41, 5.74) is 7.06. The average molecular weight is 191 g/mol. The lowest BCUT2D eigenvalue weighted by Gasteiger charge is -2.22. The molecule has 1 aliphatic rings. The molecule has 3 heteroatoms. The number of likely N-dealkylation sites (tertiary alicyclic amines) is 1. The fraction of sp³-hybridized carbons (Fsp3) is 0.545. The van der Waals surface area contributed by atoms with Gasteiger partial charge in [-0.2, -0.15) is 0 Å². The minimum absolute atomic E-state index is 0.586. The third kappa shape index (κ3) is 2.11. The Kier molecular flexibility index (Phi) is 3.11. The van der Waals surface area contributed by atoms with Crippen molar-refractivity contribution < 1.29 is 0 Å². The van der Waals surface area contributed by atoms with Gasteiger partial charge in [0.05, 0.1) is 0 Å². The zero-order chi connectivity index (χ0) is 9.80. The van der Waals surface area contributed by atoms with Gasteiger partial charge < -0.3 is 5.73 Å². The predicted octanol–water partition coefficient (Wildman–Crippen LogP) is 1.00. The van der Waals surface area contributed by atoms with Crippen LogP contribution in [-0.4, -0.2) is 29.0 Å². The van der Waals surface area contributed by atoms with Crippen molar-refractivity contribution in [2.75, 3.05) is 13.1 Å².